The number of amides is 3. The van der Waals surface area contributed by atoms with Gasteiger partial charge in [0.25, 0.3) is 0 Å². The van der Waals surface area contributed by atoms with Crippen molar-refractivity contribution < 1.29 is 14.4 Å². The zero-order valence-corrected chi connectivity index (χ0v) is 9.08. The highest BCUT2D eigenvalue weighted by Gasteiger charge is 2.27. The summed E-state index contributed by atoms with van der Waals surface area (Å²) in [6.07, 6.45) is 3.65. The van der Waals surface area contributed by atoms with Crippen LogP contribution in [0.3, 0.4) is 0 Å². The minimum absolute atomic E-state index is 0.251. The number of carbonyl (C=O) groups excluding carboxylic acids is 3. The molecule has 1 fully saturated rings. The van der Waals surface area contributed by atoms with Crippen LogP contribution in [0, 0.1) is 0 Å². The number of hydrogen-bond acceptors (Lipinski definition) is 3. The first-order chi connectivity index (χ1) is 7.54. The van der Waals surface area contributed by atoms with E-state index in [1.807, 2.05) is 0 Å². The first kappa shape index (κ1) is 12.2. The van der Waals surface area contributed by atoms with Gasteiger partial charge in [0, 0.05) is 12.0 Å². The molecule has 1 saturated heterocycles. The van der Waals surface area contributed by atoms with Gasteiger partial charge in [-0.2, -0.15) is 0 Å². The maximum atomic E-state index is 11.5. The Balaban J connectivity index is 2.58. The largest absolute Gasteiger partial charge is 0.340 e. The Morgan fingerprint density at radius 3 is 2.81 bits per heavy atom. The molecule has 5 heteroatoms. The monoisotopic (exact) mass is 222 g/mol. The second kappa shape index (κ2) is 5.25. The lowest BCUT2D eigenvalue weighted by atomic mass is 10.1. The standard InChI is InChI=1S/C11H14N2O3/c1-3-4-7(2)10(15)12-8-5-6-9(14)13-11(8)16/h3-4,8H,1,5-6H2,2H3,(H,12,15)(H,13,14,16)/b7-4+. The summed E-state index contributed by atoms with van der Waals surface area (Å²) >= 11 is 0. The first-order valence-electron chi connectivity index (χ1n) is 4.98. The summed E-state index contributed by atoms with van der Waals surface area (Å²) in [5.41, 5.74) is 0.472. The van der Waals surface area contributed by atoms with Crippen molar-refractivity contribution in [1.82, 2.24) is 10.6 Å². The van der Waals surface area contributed by atoms with Crippen LogP contribution >= 0.6 is 0 Å². The lowest BCUT2D eigenvalue weighted by Crippen LogP contribution is -2.52. The van der Waals surface area contributed by atoms with Crippen molar-refractivity contribution >= 4 is 17.7 Å². The molecule has 1 aliphatic rings. The van der Waals surface area contributed by atoms with Gasteiger partial charge < -0.3 is 5.32 Å². The van der Waals surface area contributed by atoms with Crippen LogP contribution in [0.4, 0.5) is 0 Å². The Hall–Kier alpha value is -1.91. The molecule has 2 N–H and O–H groups in total. The van der Waals surface area contributed by atoms with Gasteiger partial charge in [-0.1, -0.05) is 18.7 Å². The molecule has 1 atom stereocenters. The predicted molar refractivity (Wildman–Crippen MR) is 58.3 cm³/mol. The Labute approximate surface area is 93.6 Å². The predicted octanol–water partition coefficient (Wildman–Crippen LogP) is 0.0401. The third kappa shape index (κ3) is 3.05. The second-order valence-corrected chi connectivity index (χ2v) is 3.56. The summed E-state index contributed by atoms with van der Waals surface area (Å²) < 4.78 is 0. The first-order valence-corrected chi connectivity index (χ1v) is 4.98. The number of hydrogen-bond donors (Lipinski definition) is 2. The minimum atomic E-state index is -0.627. The van der Waals surface area contributed by atoms with Crippen LogP contribution in [0.5, 0.6) is 0 Å². The molecule has 0 aromatic carbocycles. The van der Waals surface area contributed by atoms with Gasteiger partial charge in [-0.3, -0.25) is 19.7 Å². The summed E-state index contributed by atoms with van der Waals surface area (Å²) in [6.45, 7) is 5.10. The molecule has 0 saturated carbocycles. The fourth-order valence-corrected chi connectivity index (χ4v) is 1.36. The maximum absolute atomic E-state index is 11.5. The number of piperidine rings is 1. The Morgan fingerprint density at radius 2 is 2.25 bits per heavy atom. The van der Waals surface area contributed by atoms with Crippen LogP contribution in [-0.4, -0.2) is 23.8 Å². The Morgan fingerprint density at radius 1 is 1.56 bits per heavy atom. The summed E-state index contributed by atoms with van der Waals surface area (Å²) in [7, 11) is 0. The number of rotatable bonds is 3. The van der Waals surface area contributed by atoms with Crippen molar-refractivity contribution in [2.75, 3.05) is 0 Å². The third-order valence-corrected chi connectivity index (χ3v) is 2.27. The molecule has 86 valence electrons. The molecule has 0 radical (unpaired) electrons. The zero-order valence-electron chi connectivity index (χ0n) is 9.08. The normalized spacial score (nSPS) is 21.3. The van der Waals surface area contributed by atoms with E-state index in [0.29, 0.717) is 12.0 Å². The SMILES string of the molecule is C=C/C=C(\C)C(=O)NC1CCC(=O)NC1=O. The van der Waals surface area contributed by atoms with Gasteiger partial charge in [0.05, 0.1) is 0 Å². The van der Waals surface area contributed by atoms with Crippen LogP contribution in [0.1, 0.15) is 19.8 Å². The lowest BCUT2D eigenvalue weighted by Gasteiger charge is -2.21. The van der Waals surface area contributed by atoms with E-state index in [4.69, 9.17) is 0 Å². The molecule has 0 bridgehead atoms. The molecule has 0 aromatic heterocycles. The van der Waals surface area contributed by atoms with Gasteiger partial charge in [0.2, 0.25) is 17.7 Å². The van der Waals surface area contributed by atoms with Crippen LogP contribution in [0.25, 0.3) is 0 Å². The Kier molecular flexibility index (Phi) is 3.99. The van der Waals surface area contributed by atoms with Gasteiger partial charge >= 0.3 is 0 Å². The van der Waals surface area contributed by atoms with Crippen LogP contribution in [0.2, 0.25) is 0 Å². The van der Waals surface area contributed by atoms with Crippen molar-refractivity contribution in [3.8, 4) is 0 Å². The number of allylic oxidation sites excluding steroid dienone is 2. The quantitative estimate of drug-likeness (QED) is 0.402. The smallest absolute Gasteiger partial charge is 0.249 e. The molecule has 16 heavy (non-hydrogen) atoms. The molecule has 1 unspecified atom stereocenters. The Bertz CT molecular complexity index is 371. The molecular weight excluding hydrogens is 208 g/mol. The van der Waals surface area contributed by atoms with Crippen molar-refractivity contribution in [2.45, 2.75) is 25.8 Å². The van der Waals surface area contributed by atoms with Crippen molar-refractivity contribution in [3.63, 3.8) is 0 Å². The molecule has 0 spiro atoms. The van der Waals surface area contributed by atoms with Crippen LogP contribution in [0.15, 0.2) is 24.3 Å². The average Bonchev–Trinajstić information content (AvgIpc) is 2.22. The molecule has 1 rings (SSSR count). The molecule has 3 amide bonds. The minimum Gasteiger partial charge on any atom is -0.340 e. The maximum Gasteiger partial charge on any atom is 0.249 e. The highest BCUT2D eigenvalue weighted by molar-refractivity contribution is 6.03. The van der Waals surface area contributed by atoms with Crippen molar-refractivity contribution in [2.24, 2.45) is 0 Å². The number of nitrogens with one attached hydrogen (secondary N) is 2. The lowest BCUT2D eigenvalue weighted by molar-refractivity contribution is -0.136. The van der Waals surface area contributed by atoms with Gasteiger partial charge in [-0.15, -0.1) is 0 Å². The van der Waals surface area contributed by atoms with E-state index in [9.17, 15) is 14.4 Å². The fraction of sp³-hybridized carbons (Fsp3) is 0.364. The van der Waals surface area contributed by atoms with E-state index >= 15 is 0 Å². The van der Waals surface area contributed by atoms with Gasteiger partial charge in [-0.25, -0.2) is 0 Å². The van der Waals surface area contributed by atoms with E-state index in [0.717, 1.165) is 0 Å². The van der Waals surface area contributed by atoms with E-state index in [-0.39, 0.29) is 18.2 Å². The fourth-order valence-electron chi connectivity index (χ4n) is 1.36. The summed E-state index contributed by atoms with van der Waals surface area (Å²) in [4.78, 5) is 33.7. The highest BCUT2D eigenvalue weighted by atomic mass is 16.2. The number of carbonyl (C=O) groups is 3. The molecule has 1 heterocycles. The zero-order chi connectivity index (χ0) is 12.1. The molecule has 0 aromatic rings. The van der Waals surface area contributed by atoms with E-state index in [1.165, 1.54) is 6.08 Å². The van der Waals surface area contributed by atoms with Gasteiger partial charge in [0.1, 0.15) is 6.04 Å². The summed E-state index contributed by atoms with van der Waals surface area (Å²) in [5, 5.41) is 4.73. The van der Waals surface area contributed by atoms with Gasteiger partial charge in [-0.05, 0) is 13.3 Å². The second-order valence-electron chi connectivity index (χ2n) is 3.56. The third-order valence-electron chi connectivity index (χ3n) is 2.27. The summed E-state index contributed by atoms with van der Waals surface area (Å²) in [6, 6.07) is -0.627. The summed E-state index contributed by atoms with van der Waals surface area (Å²) in [5.74, 6) is -1.07. The number of imide groups is 1. The average molecular weight is 222 g/mol. The van der Waals surface area contributed by atoms with Crippen molar-refractivity contribution in [1.29, 1.82) is 0 Å². The topological polar surface area (TPSA) is 75.3 Å². The molecule has 0 aliphatic carbocycles. The van der Waals surface area contributed by atoms with E-state index < -0.39 is 11.9 Å². The molecule has 5 nitrogen and oxygen atoms in total. The van der Waals surface area contributed by atoms with E-state index in [2.05, 4.69) is 17.2 Å². The highest BCUT2D eigenvalue weighted by Crippen LogP contribution is 2.05. The molecular formula is C11H14N2O3. The molecule has 1 aliphatic heterocycles. The van der Waals surface area contributed by atoms with Crippen LogP contribution < -0.4 is 10.6 Å². The van der Waals surface area contributed by atoms with Crippen molar-refractivity contribution in [3.05, 3.63) is 24.3 Å². The van der Waals surface area contributed by atoms with Crippen LogP contribution in [-0.2, 0) is 14.4 Å². The van der Waals surface area contributed by atoms with Gasteiger partial charge in [0.15, 0.2) is 0 Å². The van der Waals surface area contributed by atoms with E-state index in [1.54, 1.807) is 13.0 Å².